The molecule has 11 nitrogen and oxygen atoms in total. The lowest BCUT2D eigenvalue weighted by Gasteiger charge is -2.24. The van der Waals surface area contributed by atoms with E-state index in [9.17, 15) is 10.1 Å². The van der Waals surface area contributed by atoms with Crippen LogP contribution in [0.2, 0.25) is 0 Å². The largest absolute Gasteiger partial charge is 0.490 e. The van der Waals surface area contributed by atoms with Gasteiger partial charge in [-0.3, -0.25) is 14.7 Å². The van der Waals surface area contributed by atoms with Crippen LogP contribution < -0.4 is 9.64 Å². The van der Waals surface area contributed by atoms with E-state index in [1.807, 2.05) is 4.57 Å². The third-order valence-electron chi connectivity index (χ3n) is 7.48. The summed E-state index contributed by atoms with van der Waals surface area (Å²) in [6.45, 7) is 4.67. The molecule has 3 aliphatic heterocycles. The van der Waals surface area contributed by atoms with Gasteiger partial charge >= 0.3 is 5.69 Å². The highest BCUT2D eigenvalue weighted by Crippen LogP contribution is 2.38. The van der Waals surface area contributed by atoms with Gasteiger partial charge in [0.1, 0.15) is 17.4 Å². The van der Waals surface area contributed by atoms with Crippen molar-refractivity contribution < 1.29 is 14.4 Å². The summed E-state index contributed by atoms with van der Waals surface area (Å²) in [6, 6.07) is 4.91. The van der Waals surface area contributed by atoms with Crippen LogP contribution in [0.3, 0.4) is 0 Å². The number of imidazole rings is 1. The number of anilines is 1. The average Bonchev–Trinajstić information content (AvgIpc) is 3.56. The smallest absolute Gasteiger partial charge is 0.311 e. The summed E-state index contributed by atoms with van der Waals surface area (Å²) in [5, 5.41) is 11.7. The summed E-state index contributed by atoms with van der Waals surface area (Å²) < 4.78 is 13.2. The first kappa shape index (κ1) is 22.2. The highest BCUT2D eigenvalue weighted by atomic mass is 16.6. The predicted octanol–water partition coefficient (Wildman–Crippen LogP) is 3.11. The minimum absolute atomic E-state index is 0.105. The summed E-state index contributed by atoms with van der Waals surface area (Å²) in [5.74, 6) is 2.04. The Bertz CT molecular complexity index is 1260. The minimum atomic E-state index is -0.436. The Balaban J connectivity index is 1.47. The number of likely N-dealkylation sites (tertiary alicyclic amines) is 1. The van der Waals surface area contributed by atoms with Gasteiger partial charge in [-0.25, -0.2) is 9.97 Å². The van der Waals surface area contributed by atoms with Gasteiger partial charge in [0.2, 0.25) is 5.95 Å². The number of aromatic nitrogens is 4. The van der Waals surface area contributed by atoms with Crippen LogP contribution in [0.1, 0.15) is 25.5 Å². The minimum Gasteiger partial charge on any atom is -0.490 e. The molecule has 3 aliphatic rings. The Labute approximate surface area is 202 Å². The summed E-state index contributed by atoms with van der Waals surface area (Å²) in [7, 11) is 3.60. The van der Waals surface area contributed by atoms with Gasteiger partial charge in [0.05, 0.1) is 18.4 Å². The number of methoxy groups -OCH3 is 1. The van der Waals surface area contributed by atoms with Crippen LogP contribution in [-0.2, 0) is 4.74 Å². The molecule has 11 heteroatoms. The second-order valence-electron chi connectivity index (χ2n) is 9.81. The summed E-state index contributed by atoms with van der Waals surface area (Å²) in [6.07, 6.45) is 4.67. The molecule has 184 valence electrons. The molecule has 0 aliphatic carbocycles. The highest BCUT2D eigenvalue weighted by molar-refractivity contribution is 5.89. The van der Waals surface area contributed by atoms with Gasteiger partial charge in [0.15, 0.2) is 11.4 Å². The van der Waals surface area contributed by atoms with E-state index in [1.54, 1.807) is 18.5 Å². The molecule has 35 heavy (non-hydrogen) atoms. The molecule has 2 aromatic heterocycles. The molecule has 3 saturated heterocycles. The van der Waals surface area contributed by atoms with Crippen molar-refractivity contribution in [3.8, 4) is 17.0 Å². The number of hydrogen-bond donors (Lipinski definition) is 0. The Kier molecular flexibility index (Phi) is 5.53. The van der Waals surface area contributed by atoms with Gasteiger partial charge in [0, 0.05) is 44.4 Å². The lowest BCUT2D eigenvalue weighted by Crippen LogP contribution is -2.28. The molecule has 0 bridgehead atoms. The lowest BCUT2D eigenvalue weighted by atomic mass is 10.0. The average molecular weight is 480 g/mol. The van der Waals surface area contributed by atoms with Gasteiger partial charge in [-0.1, -0.05) is 0 Å². The number of benzene rings is 1. The van der Waals surface area contributed by atoms with E-state index in [2.05, 4.69) is 21.8 Å². The molecule has 1 aromatic carbocycles. The first-order valence-corrected chi connectivity index (χ1v) is 12.1. The SMILES string of the molecule is COc1ccc(-c2nc(N3CC4CN(C)CC4C3)nc3c2ncn3C2CCCCO2)cc1[N+](=O)[O-]. The fourth-order valence-corrected chi connectivity index (χ4v) is 5.77. The van der Waals surface area contributed by atoms with Gasteiger partial charge in [-0.15, -0.1) is 0 Å². The van der Waals surface area contributed by atoms with Crippen molar-refractivity contribution >= 4 is 22.8 Å². The maximum absolute atomic E-state index is 11.7. The van der Waals surface area contributed by atoms with Crippen LogP contribution >= 0.6 is 0 Å². The van der Waals surface area contributed by atoms with Crippen molar-refractivity contribution in [3.63, 3.8) is 0 Å². The van der Waals surface area contributed by atoms with Crippen LogP contribution in [0.4, 0.5) is 11.6 Å². The monoisotopic (exact) mass is 479 g/mol. The zero-order valence-corrected chi connectivity index (χ0v) is 20.0. The van der Waals surface area contributed by atoms with E-state index in [0.717, 1.165) is 45.4 Å². The quantitative estimate of drug-likeness (QED) is 0.402. The third kappa shape index (κ3) is 3.88. The molecule has 0 radical (unpaired) electrons. The Morgan fingerprint density at radius 2 is 1.94 bits per heavy atom. The van der Waals surface area contributed by atoms with Crippen molar-refractivity contribution in [3.05, 3.63) is 34.6 Å². The topological polar surface area (TPSA) is 112 Å². The third-order valence-corrected chi connectivity index (χ3v) is 7.48. The zero-order chi connectivity index (χ0) is 24.1. The van der Waals surface area contributed by atoms with Gasteiger partial charge < -0.3 is 19.3 Å². The van der Waals surface area contributed by atoms with E-state index in [0.29, 0.717) is 46.8 Å². The number of nitrogens with zero attached hydrogens (tertiary/aromatic N) is 7. The number of nitro benzene ring substituents is 1. The van der Waals surface area contributed by atoms with Crippen LogP contribution in [0.5, 0.6) is 5.75 Å². The second-order valence-corrected chi connectivity index (χ2v) is 9.81. The standard InChI is InChI=1S/C24H29N7O4/c1-28-10-16-12-29(13-17(16)11-28)24-26-21(15-6-7-19(34-2)18(9-15)31(32)33)22-23(27-24)30(14-25-22)20-5-3-4-8-35-20/h6-7,9,14,16-17,20H,3-5,8,10-13H2,1-2H3. The Hall–Kier alpha value is -3.31. The molecular weight excluding hydrogens is 450 g/mol. The van der Waals surface area contributed by atoms with E-state index >= 15 is 0 Å². The van der Waals surface area contributed by atoms with E-state index in [4.69, 9.17) is 19.4 Å². The number of hydrogen-bond acceptors (Lipinski definition) is 9. The number of ether oxygens (including phenoxy) is 2. The molecule has 3 unspecified atom stereocenters. The molecule has 6 rings (SSSR count). The van der Waals surface area contributed by atoms with Crippen LogP contribution in [0, 0.1) is 22.0 Å². The molecule has 5 heterocycles. The first-order chi connectivity index (χ1) is 17.0. The molecule has 3 atom stereocenters. The van der Waals surface area contributed by atoms with E-state index in [-0.39, 0.29) is 17.7 Å². The molecule has 0 saturated carbocycles. The Morgan fingerprint density at radius 1 is 1.14 bits per heavy atom. The number of nitro groups is 1. The van der Waals surface area contributed by atoms with Gasteiger partial charge in [-0.2, -0.15) is 4.98 Å². The normalized spacial score (nSPS) is 24.7. The van der Waals surface area contributed by atoms with Crippen molar-refractivity contribution in [2.24, 2.45) is 11.8 Å². The van der Waals surface area contributed by atoms with Crippen molar-refractivity contribution in [1.29, 1.82) is 0 Å². The number of rotatable bonds is 5. The van der Waals surface area contributed by atoms with Crippen LogP contribution in [0.15, 0.2) is 24.5 Å². The van der Waals surface area contributed by atoms with Crippen LogP contribution in [0.25, 0.3) is 22.4 Å². The molecule has 3 fully saturated rings. The zero-order valence-electron chi connectivity index (χ0n) is 20.0. The highest BCUT2D eigenvalue weighted by Gasteiger charge is 2.40. The summed E-state index contributed by atoms with van der Waals surface area (Å²) in [5.41, 5.74) is 2.40. The molecule has 3 aromatic rings. The maximum Gasteiger partial charge on any atom is 0.311 e. The van der Waals surface area contributed by atoms with Crippen molar-refractivity contribution in [2.75, 3.05) is 51.8 Å². The fourth-order valence-electron chi connectivity index (χ4n) is 5.77. The molecular formula is C24H29N7O4. The lowest BCUT2D eigenvalue weighted by molar-refractivity contribution is -0.385. The predicted molar refractivity (Wildman–Crippen MR) is 129 cm³/mol. The first-order valence-electron chi connectivity index (χ1n) is 12.1. The van der Waals surface area contributed by atoms with Crippen molar-refractivity contribution in [1.82, 2.24) is 24.4 Å². The number of fused-ring (bicyclic) bond motifs is 2. The molecule has 0 spiro atoms. The summed E-state index contributed by atoms with van der Waals surface area (Å²) in [4.78, 5) is 30.5. The molecule has 0 N–H and O–H groups in total. The van der Waals surface area contributed by atoms with Crippen molar-refractivity contribution in [2.45, 2.75) is 25.5 Å². The Morgan fingerprint density at radius 3 is 2.63 bits per heavy atom. The van der Waals surface area contributed by atoms with E-state index in [1.165, 1.54) is 13.2 Å². The fraction of sp³-hybridized carbons (Fsp3) is 0.542. The van der Waals surface area contributed by atoms with Gasteiger partial charge in [-0.05, 0) is 50.3 Å². The molecule has 0 amide bonds. The van der Waals surface area contributed by atoms with Gasteiger partial charge in [0.25, 0.3) is 0 Å². The summed E-state index contributed by atoms with van der Waals surface area (Å²) >= 11 is 0. The van der Waals surface area contributed by atoms with E-state index < -0.39 is 4.92 Å². The maximum atomic E-state index is 11.7. The second kappa shape index (κ2) is 8.72. The van der Waals surface area contributed by atoms with Crippen LogP contribution in [-0.4, -0.2) is 76.3 Å².